The maximum atomic E-state index is 9.95. The highest BCUT2D eigenvalue weighted by Gasteiger charge is 2.19. The van der Waals surface area contributed by atoms with Crippen LogP contribution >= 0.6 is 0 Å². The van der Waals surface area contributed by atoms with E-state index >= 15 is 0 Å². The van der Waals surface area contributed by atoms with Crippen molar-refractivity contribution in [3.63, 3.8) is 0 Å². The lowest BCUT2D eigenvalue weighted by molar-refractivity contribution is 1.62. The second-order valence-electron chi connectivity index (χ2n) is 10.6. The topological polar surface area (TPSA) is 0 Å². The predicted octanol–water partition coefficient (Wildman–Crippen LogP) is 13.0. The Balaban J connectivity index is 1.48. The van der Waals surface area contributed by atoms with Gasteiger partial charge < -0.3 is 0 Å². The molecule has 0 aliphatic rings. The molecule has 0 atom stereocenters. The van der Waals surface area contributed by atoms with Gasteiger partial charge in [-0.25, -0.2) is 0 Å². The molecule has 0 fully saturated rings. The van der Waals surface area contributed by atoms with Crippen LogP contribution in [0.5, 0.6) is 0 Å². The minimum atomic E-state index is -0.731. The zero-order valence-electron chi connectivity index (χ0n) is 42.9. The molecular formula is C46H30. The Bertz CT molecular complexity index is 3600. The van der Waals surface area contributed by atoms with Crippen LogP contribution in [0.15, 0.2) is 182 Å². The van der Waals surface area contributed by atoms with E-state index in [0.29, 0.717) is 10.9 Å². The summed E-state index contributed by atoms with van der Waals surface area (Å²) in [6.45, 7) is 0. The minimum Gasteiger partial charge on any atom is -0.0622 e. The highest BCUT2D eigenvalue weighted by molar-refractivity contribution is 6.24. The minimum absolute atomic E-state index is 0.0110. The van der Waals surface area contributed by atoms with E-state index in [9.17, 15) is 6.85 Å². The SMILES string of the molecule is [2H]c1c([2H])c([2H])c(-c2c([2H])c([2H])c3c(-c4ccc(-c5c([2H])c([2H])c6c([2H])c([2H])c([2H])c([2H])c6c5[2H])cc4)c4c([2H])c([2H])c([2H])c([2H])c4c(-c4cccc5ccccc45)c3c2[2H])c([2H])c1[2H]. The fourth-order valence-corrected chi connectivity index (χ4v) is 5.95. The van der Waals surface area contributed by atoms with E-state index in [0.717, 1.165) is 5.39 Å². The highest BCUT2D eigenvalue weighted by atomic mass is 14.2. The van der Waals surface area contributed by atoms with E-state index < -0.39 is 126 Å². The molecule has 0 bridgehead atoms. The van der Waals surface area contributed by atoms with Crippen molar-refractivity contribution in [2.45, 2.75) is 0 Å². The van der Waals surface area contributed by atoms with Crippen molar-refractivity contribution in [3.05, 3.63) is 182 Å². The first-order chi connectivity index (χ1) is 30.7. The van der Waals surface area contributed by atoms with Crippen LogP contribution in [-0.4, -0.2) is 0 Å². The molecule has 0 N–H and O–H groups in total. The van der Waals surface area contributed by atoms with Gasteiger partial charge in [0.1, 0.15) is 0 Å². The van der Waals surface area contributed by atoms with E-state index in [1.54, 1.807) is 30.3 Å². The van der Waals surface area contributed by atoms with Crippen LogP contribution in [0.25, 0.3) is 87.6 Å². The molecule has 0 aliphatic carbocycles. The van der Waals surface area contributed by atoms with Gasteiger partial charge in [-0.15, -0.1) is 0 Å². The second kappa shape index (κ2) is 10.9. The molecular weight excluding hydrogens is 553 g/mol. The van der Waals surface area contributed by atoms with Crippen molar-refractivity contribution in [2.24, 2.45) is 0 Å². The summed E-state index contributed by atoms with van der Waals surface area (Å²) in [7, 11) is 0. The molecule has 0 heteroatoms. The van der Waals surface area contributed by atoms with Crippen LogP contribution in [0.4, 0.5) is 0 Å². The second-order valence-corrected chi connectivity index (χ2v) is 10.6. The molecule has 0 saturated carbocycles. The van der Waals surface area contributed by atoms with E-state index in [2.05, 4.69) is 0 Å². The molecule has 9 aromatic rings. The van der Waals surface area contributed by atoms with Gasteiger partial charge >= 0.3 is 0 Å². The third-order valence-corrected chi connectivity index (χ3v) is 8.02. The Morgan fingerprint density at radius 1 is 0.304 bits per heavy atom. The normalized spacial score (nSPS) is 17.3. The van der Waals surface area contributed by atoms with Crippen molar-refractivity contribution in [1.29, 1.82) is 0 Å². The Morgan fingerprint density at radius 2 is 0.935 bits per heavy atom. The molecule has 0 unspecified atom stereocenters. The van der Waals surface area contributed by atoms with Crippen LogP contribution in [0, 0.1) is 0 Å². The summed E-state index contributed by atoms with van der Waals surface area (Å²) in [6.07, 6.45) is 0. The Morgan fingerprint density at radius 3 is 1.78 bits per heavy atom. The molecule has 0 nitrogen and oxygen atoms in total. The van der Waals surface area contributed by atoms with Gasteiger partial charge in [-0.05, 0) is 99.7 Å². The van der Waals surface area contributed by atoms with Gasteiger partial charge in [-0.1, -0.05) is 169 Å². The lowest BCUT2D eigenvalue weighted by Crippen LogP contribution is -1.92. The van der Waals surface area contributed by atoms with Crippen molar-refractivity contribution in [2.75, 3.05) is 0 Å². The third-order valence-electron chi connectivity index (χ3n) is 8.02. The van der Waals surface area contributed by atoms with Crippen LogP contribution < -0.4 is 0 Å². The molecule has 0 spiro atoms. The summed E-state index contributed by atoms with van der Waals surface area (Å²) in [5.41, 5.74) is -0.288. The molecule has 0 saturated heterocycles. The summed E-state index contributed by atoms with van der Waals surface area (Å²) < 4.78 is 168. The molecule has 0 radical (unpaired) electrons. The van der Waals surface area contributed by atoms with Crippen molar-refractivity contribution in [3.8, 4) is 44.5 Å². The highest BCUT2D eigenvalue weighted by Crippen LogP contribution is 2.46. The number of fused-ring (bicyclic) bond motifs is 4. The Labute approximate surface area is 295 Å². The van der Waals surface area contributed by atoms with Crippen molar-refractivity contribution < 1.29 is 26.0 Å². The maximum Gasteiger partial charge on any atom is 0.0636 e. The summed E-state index contributed by atoms with van der Waals surface area (Å²) in [5, 5.41) is 0.391. The fourth-order valence-electron chi connectivity index (χ4n) is 5.95. The van der Waals surface area contributed by atoms with Crippen molar-refractivity contribution in [1.82, 2.24) is 0 Å². The van der Waals surface area contributed by atoms with Gasteiger partial charge in [0.15, 0.2) is 0 Å². The molecule has 0 amide bonds. The number of hydrogen-bond acceptors (Lipinski definition) is 0. The van der Waals surface area contributed by atoms with Gasteiger partial charge in [0.05, 0.1) is 26.0 Å². The van der Waals surface area contributed by atoms with E-state index in [1.165, 1.54) is 24.3 Å². The van der Waals surface area contributed by atoms with E-state index in [4.69, 9.17) is 19.2 Å². The Hall–Kier alpha value is -5.98. The van der Waals surface area contributed by atoms with Gasteiger partial charge in [0.25, 0.3) is 0 Å². The zero-order valence-corrected chi connectivity index (χ0v) is 23.9. The average Bonchev–Trinajstić information content (AvgIpc) is 3.30. The van der Waals surface area contributed by atoms with Gasteiger partial charge in [-0.2, -0.15) is 0 Å². The van der Waals surface area contributed by atoms with Gasteiger partial charge in [0, 0.05) is 0 Å². The van der Waals surface area contributed by atoms with E-state index in [-0.39, 0.29) is 60.1 Å². The molecule has 0 heterocycles. The van der Waals surface area contributed by atoms with Crippen molar-refractivity contribution >= 4 is 43.1 Å². The monoisotopic (exact) mass is 601 g/mol. The standard InChI is InChI=1S/C46H30/c1-2-11-31(12-3-1)38-27-28-43-44(30-38)46(40-20-10-16-34-14-6-7-17-39(34)40)42-19-9-8-18-41(42)45(43)35-24-21-33(22-25-35)37-26-23-32-13-4-5-15-36(32)29-37/h1-30H/i1D,2D,3D,4D,5D,8D,9D,11D,12D,13D,15D,18D,19D,23D,26D,27D,28D,29D,30D. The molecule has 214 valence electrons. The lowest BCUT2D eigenvalue weighted by Gasteiger charge is -2.20. The van der Waals surface area contributed by atoms with Crippen LogP contribution in [-0.2, 0) is 0 Å². The average molecular weight is 602 g/mol. The molecule has 9 aromatic carbocycles. The summed E-state index contributed by atoms with van der Waals surface area (Å²) in [6, 6.07) is 6.78. The first-order valence-corrected chi connectivity index (χ1v) is 14.4. The smallest absolute Gasteiger partial charge is 0.0622 e. The summed E-state index contributed by atoms with van der Waals surface area (Å²) in [4.78, 5) is 0. The lowest BCUT2D eigenvalue weighted by atomic mass is 9.83. The maximum absolute atomic E-state index is 9.95. The number of benzene rings is 9. The van der Waals surface area contributed by atoms with E-state index in [1.807, 2.05) is 12.1 Å². The summed E-state index contributed by atoms with van der Waals surface area (Å²) in [5.74, 6) is 0. The predicted molar refractivity (Wildman–Crippen MR) is 198 cm³/mol. The van der Waals surface area contributed by atoms with Crippen LogP contribution in [0.1, 0.15) is 26.0 Å². The quantitative estimate of drug-likeness (QED) is 0.176. The first-order valence-electron chi connectivity index (χ1n) is 23.9. The third kappa shape index (κ3) is 4.38. The summed E-state index contributed by atoms with van der Waals surface area (Å²) >= 11 is 0. The molecule has 0 aromatic heterocycles. The first kappa shape index (κ1) is 13.6. The van der Waals surface area contributed by atoms with Gasteiger partial charge in [0.2, 0.25) is 0 Å². The fraction of sp³-hybridized carbons (Fsp3) is 0. The Kier molecular flexibility index (Phi) is 3.21. The number of rotatable bonds is 4. The zero-order chi connectivity index (χ0) is 47.0. The largest absolute Gasteiger partial charge is 0.0636 e. The van der Waals surface area contributed by atoms with Crippen LogP contribution in [0.2, 0.25) is 0 Å². The van der Waals surface area contributed by atoms with Crippen LogP contribution in [0.3, 0.4) is 0 Å². The molecule has 9 rings (SSSR count). The molecule has 0 aliphatic heterocycles. The molecule has 46 heavy (non-hydrogen) atoms. The van der Waals surface area contributed by atoms with Gasteiger partial charge in [-0.3, -0.25) is 0 Å². The number of hydrogen-bond donors (Lipinski definition) is 0.